The van der Waals surface area contributed by atoms with Gasteiger partial charge in [0.1, 0.15) is 5.82 Å². The smallest absolute Gasteiger partial charge is 0.313 e. The van der Waals surface area contributed by atoms with Gasteiger partial charge in [-0.05, 0) is 26.7 Å². The number of carbonyl (C=O) groups is 1. The van der Waals surface area contributed by atoms with Gasteiger partial charge in [0.05, 0.1) is 5.75 Å². The quantitative estimate of drug-likeness (QED) is 0.836. The number of aliphatic carboxylic acids is 1. The molecule has 1 aromatic rings. The first-order chi connectivity index (χ1) is 10.1. The highest BCUT2D eigenvalue weighted by Gasteiger charge is 2.23. The molecule has 0 aliphatic heterocycles. The van der Waals surface area contributed by atoms with Crippen molar-refractivity contribution in [1.82, 2.24) is 14.8 Å². The van der Waals surface area contributed by atoms with Crippen molar-refractivity contribution in [1.29, 1.82) is 0 Å². The molecule has 1 aliphatic carbocycles. The van der Waals surface area contributed by atoms with Crippen LogP contribution in [0.3, 0.4) is 0 Å². The highest BCUT2D eigenvalue weighted by atomic mass is 32.2. The second kappa shape index (κ2) is 7.82. The summed E-state index contributed by atoms with van der Waals surface area (Å²) in [6, 6.07) is 0.261. The predicted molar refractivity (Wildman–Crippen MR) is 83.8 cm³/mol. The zero-order chi connectivity index (χ0) is 15.2. The fourth-order valence-electron chi connectivity index (χ4n) is 2.99. The van der Waals surface area contributed by atoms with Gasteiger partial charge < -0.3 is 9.67 Å². The first-order valence-electron chi connectivity index (χ1n) is 7.89. The first-order valence-corrected chi connectivity index (χ1v) is 8.87. The molecule has 0 amide bonds. The maximum Gasteiger partial charge on any atom is 0.313 e. The normalized spacial score (nSPS) is 17.7. The Balaban J connectivity index is 2.19. The fourth-order valence-corrected chi connectivity index (χ4v) is 3.79. The van der Waals surface area contributed by atoms with E-state index in [1.54, 1.807) is 0 Å². The van der Waals surface area contributed by atoms with E-state index in [0.29, 0.717) is 5.92 Å². The van der Waals surface area contributed by atoms with E-state index in [0.717, 1.165) is 11.0 Å². The fraction of sp³-hybridized carbons (Fsp3) is 0.800. The number of carboxylic acids is 1. The van der Waals surface area contributed by atoms with Crippen LogP contribution in [0.5, 0.6) is 0 Å². The van der Waals surface area contributed by atoms with E-state index in [-0.39, 0.29) is 11.8 Å². The first kappa shape index (κ1) is 16.3. The van der Waals surface area contributed by atoms with E-state index in [9.17, 15) is 4.79 Å². The molecule has 0 spiro atoms. The molecule has 1 aromatic heterocycles. The summed E-state index contributed by atoms with van der Waals surface area (Å²) in [5, 5.41) is 18.3. The lowest BCUT2D eigenvalue weighted by Crippen LogP contribution is -2.14. The molecule has 0 atom stereocenters. The van der Waals surface area contributed by atoms with Crippen LogP contribution in [0.4, 0.5) is 0 Å². The molecule has 0 bridgehead atoms. The van der Waals surface area contributed by atoms with Crippen molar-refractivity contribution in [2.75, 3.05) is 5.75 Å². The third-order valence-electron chi connectivity index (χ3n) is 4.00. The molecule has 1 fully saturated rings. The summed E-state index contributed by atoms with van der Waals surface area (Å²) in [6.07, 6.45) is 8.84. The van der Waals surface area contributed by atoms with Crippen LogP contribution in [0, 0.1) is 0 Å². The summed E-state index contributed by atoms with van der Waals surface area (Å²) in [4.78, 5) is 10.8. The van der Waals surface area contributed by atoms with Crippen LogP contribution in [-0.2, 0) is 4.79 Å². The van der Waals surface area contributed by atoms with Crippen LogP contribution in [0.2, 0.25) is 0 Å². The summed E-state index contributed by atoms with van der Waals surface area (Å²) in [5.41, 5.74) is 0. The van der Waals surface area contributed by atoms with E-state index in [1.807, 2.05) is 0 Å². The molecule has 0 saturated heterocycles. The van der Waals surface area contributed by atoms with Gasteiger partial charge in [0.25, 0.3) is 0 Å². The van der Waals surface area contributed by atoms with E-state index >= 15 is 0 Å². The lowest BCUT2D eigenvalue weighted by molar-refractivity contribution is -0.133. The molecule has 1 aliphatic rings. The van der Waals surface area contributed by atoms with Gasteiger partial charge in [-0.15, -0.1) is 10.2 Å². The van der Waals surface area contributed by atoms with Gasteiger partial charge in [0, 0.05) is 12.0 Å². The number of hydrogen-bond acceptors (Lipinski definition) is 4. The molecule has 0 radical (unpaired) electrons. The average molecular weight is 311 g/mol. The van der Waals surface area contributed by atoms with Gasteiger partial charge in [0.2, 0.25) is 0 Å². The molecule has 0 aromatic carbocycles. The number of aromatic nitrogens is 3. The maximum absolute atomic E-state index is 10.8. The Labute approximate surface area is 130 Å². The van der Waals surface area contributed by atoms with Crippen molar-refractivity contribution >= 4 is 17.7 Å². The minimum Gasteiger partial charge on any atom is -0.481 e. The summed E-state index contributed by atoms with van der Waals surface area (Å²) in [7, 11) is 0. The number of nitrogens with zero attached hydrogens (tertiary/aromatic N) is 3. The highest BCUT2D eigenvalue weighted by Crippen LogP contribution is 2.33. The standard InChI is InChI=1S/C15H25N3O2S/c1-11(2)18-14(12-8-6-4-3-5-7-9-12)16-17-15(18)21-10-13(19)20/h11-12H,3-10H2,1-2H3,(H,19,20). The largest absolute Gasteiger partial charge is 0.481 e. The van der Waals surface area contributed by atoms with Gasteiger partial charge >= 0.3 is 5.97 Å². The van der Waals surface area contributed by atoms with Crippen molar-refractivity contribution in [3.63, 3.8) is 0 Å². The molecule has 6 heteroatoms. The van der Waals surface area contributed by atoms with Gasteiger partial charge in [-0.25, -0.2) is 0 Å². The van der Waals surface area contributed by atoms with Gasteiger partial charge in [-0.1, -0.05) is 43.9 Å². The number of carboxylic acid groups (broad SMARTS) is 1. The van der Waals surface area contributed by atoms with Gasteiger partial charge in [-0.2, -0.15) is 0 Å². The minimum absolute atomic E-state index is 0.0372. The summed E-state index contributed by atoms with van der Waals surface area (Å²) in [6.45, 7) is 4.22. The Bertz CT molecular complexity index is 465. The highest BCUT2D eigenvalue weighted by molar-refractivity contribution is 7.99. The topological polar surface area (TPSA) is 68.0 Å². The number of hydrogen-bond donors (Lipinski definition) is 1. The van der Waals surface area contributed by atoms with Crippen molar-refractivity contribution in [3.8, 4) is 0 Å². The monoisotopic (exact) mass is 311 g/mol. The SMILES string of the molecule is CC(C)n1c(SCC(=O)O)nnc1C1CCCCCCC1. The Morgan fingerprint density at radius 1 is 1.24 bits per heavy atom. The molecule has 1 N–H and O–H groups in total. The Kier molecular flexibility index (Phi) is 6.08. The van der Waals surface area contributed by atoms with E-state index < -0.39 is 5.97 Å². The average Bonchev–Trinajstić information content (AvgIpc) is 2.79. The van der Waals surface area contributed by atoms with Crippen LogP contribution in [-0.4, -0.2) is 31.6 Å². The zero-order valence-corrected chi connectivity index (χ0v) is 13.7. The van der Waals surface area contributed by atoms with Gasteiger partial charge in [-0.3, -0.25) is 4.79 Å². The number of rotatable bonds is 5. The summed E-state index contributed by atoms with van der Waals surface area (Å²) in [5.74, 6) is 0.750. The molecule has 5 nitrogen and oxygen atoms in total. The molecular weight excluding hydrogens is 286 g/mol. The molecular formula is C15H25N3O2S. The van der Waals surface area contributed by atoms with Crippen LogP contribution in [0.15, 0.2) is 5.16 Å². The lowest BCUT2D eigenvalue weighted by Gasteiger charge is -2.22. The molecule has 118 valence electrons. The van der Waals surface area contributed by atoms with Gasteiger partial charge in [0.15, 0.2) is 5.16 Å². The lowest BCUT2D eigenvalue weighted by atomic mass is 9.90. The summed E-state index contributed by atoms with van der Waals surface area (Å²) < 4.78 is 2.14. The Morgan fingerprint density at radius 2 is 1.86 bits per heavy atom. The van der Waals surface area contributed by atoms with Crippen molar-refractivity contribution in [2.45, 2.75) is 75.9 Å². The van der Waals surface area contributed by atoms with Crippen molar-refractivity contribution < 1.29 is 9.90 Å². The molecule has 1 saturated carbocycles. The molecule has 0 unspecified atom stereocenters. The van der Waals surface area contributed by atoms with E-state index in [1.165, 1.54) is 56.7 Å². The molecule has 21 heavy (non-hydrogen) atoms. The van der Waals surface area contributed by atoms with Crippen molar-refractivity contribution in [2.24, 2.45) is 0 Å². The van der Waals surface area contributed by atoms with Crippen LogP contribution < -0.4 is 0 Å². The third-order valence-corrected chi connectivity index (χ3v) is 4.93. The Hall–Kier alpha value is -1.04. The minimum atomic E-state index is -0.814. The van der Waals surface area contributed by atoms with Crippen LogP contribution in [0.25, 0.3) is 0 Å². The second-order valence-electron chi connectivity index (χ2n) is 6.03. The maximum atomic E-state index is 10.8. The van der Waals surface area contributed by atoms with Crippen molar-refractivity contribution in [3.05, 3.63) is 5.82 Å². The second-order valence-corrected chi connectivity index (χ2v) is 6.97. The van der Waals surface area contributed by atoms with E-state index in [2.05, 4.69) is 28.6 Å². The summed E-state index contributed by atoms with van der Waals surface area (Å²) >= 11 is 1.27. The van der Waals surface area contributed by atoms with Crippen LogP contribution in [0.1, 0.15) is 76.6 Å². The molecule has 1 heterocycles. The van der Waals surface area contributed by atoms with Crippen LogP contribution >= 0.6 is 11.8 Å². The van der Waals surface area contributed by atoms with E-state index in [4.69, 9.17) is 5.11 Å². The zero-order valence-electron chi connectivity index (χ0n) is 12.9. The number of thioether (sulfide) groups is 1. The molecule has 2 rings (SSSR count). The third kappa shape index (κ3) is 4.46. The Morgan fingerprint density at radius 3 is 2.43 bits per heavy atom. The predicted octanol–water partition coefficient (Wildman–Crippen LogP) is 3.86.